The fraction of sp³-hybridized carbons (Fsp3) is 0.692. The highest BCUT2D eigenvalue weighted by Crippen LogP contribution is 2.51. The van der Waals surface area contributed by atoms with Crippen molar-refractivity contribution in [1.82, 2.24) is 9.78 Å². The van der Waals surface area contributed by atoms with Gasteiger partial charge >= 0.3 is 5.97 Å². The lowest BCUT2D eigenvalue weighted by Crippen LogP contribution is -2.46. The molecule has 1 aromatic heterocycles. The zero-order valence-electron chi connectivity index (χ0n) is 11.0. The van der Waals surface area contributed by atoms with Gasteiger partial charge < -0.3 is 10.8 Å². The summed E-state index contributed by atoms with van der Waals surface area (Å²) in [5.74, 6) is -0.866. The van der Waals surface area contributed by atoms with Gasteiger partial charge in [0, 0.05) is 30.4 Å². The van der Waals surface area contributed by atoms with E-state index in [0.717, 1.165) is 12.1 Å². The third-order valence-electron chi connectivity index (χ3n) is 4.12. The van der Waals surface area contributed by atoms with E-state index in [0.29, 0.717) is 19.4 Å². The zero-order chi connectivity index (χ0) is 13.3. The van der Waals surface area contributed by atoms with Gasteiger partial charge in [0.05, 0.1) is 5.41 Å². The lowest BCUT2D eigenvalue weighted by atomic mass is 9.60. The van der Waals surface area contributed by atoms with E-state index in [1.807, 2.05) is 24.6 Å². The molecule has 0 aliphatic heterocycles. The van der Waals surface area contributed by atoms with Gasteiger partial charge in [-0.1, -0.05) is 6.42 Å². The van der Waals surface area contributed by atoms with Crippen molar-refractivity contribution in [3.8, 4) is 0 Å². The third-order valence-corrected chi connectivity index (χ3v) is 4.12. The minimum absolute atomic E-state index is 0.145. The molecular weight excluding hydrogens is 230 g/mol. The molecule has 0 radical (unpaired) electrons. The Labute approximate surface area is 107 Å². The summed E-state index contributed by atoms with van der Waals surface area (Å²) in [5.41, 5.74) is 6.14. The molecule has 1 heterocycles. The molecule has 0 spiro atoms. The fourth-order valence-corrected chi connectivity index (χ4v) is 2.93. The van der Waals surface area contributed by atoms with Gasteiger partial charge in [-0.05, 0) is 32.8 Å². The first-order valence-corrected chi connectivity index (χ1v) is 6.50. The van der Waals surface area contributed by atoms with Crippen LogP contribution in [0.2, 0.25) is 0 Å². The number of nitrogens with two attached hydrogens (primary N) is 1. The van der Waals surface area contributed by atoms with Crippen LogP contribution in [0, 0.1) is 5.41 Å². The van der Waals surface area contributed by atoms with Crippen molar-refractivity contribution in [1.29, 1.82) is 0 Å². The summed E-state index contributed by atoms with van der Waals surface area (Å²) in [6.07, 6.45) is 4.13. The van der Waals surface area contributed by atoms with Crippen LogP contribution in [-0.4, -0.2) is 27.4 Å². The van der Waals surface area contributed by atoms with Crippen molar-refractivity contribution in [2.75, 3.05) is 6.54 Å². The number of hydrogen-bond donors (Lipinski definition) is 2. The highest BCUT2D eigenvalue weighted by molar-refractivity contribution is 5.77. The largest absolute Gasteiger partial charge is 0.481 e. The predicted molar refractivity (Wildman–Crippen MR) is 68.3 cm³/mol. The number of nitrogens with zero attached hydrogens (tertiary/aromatic N) is 2. The monoisotopic (exact) mass is 251 g/mol. The van der Waals surface area contributed by atoms with Gasteiger partial charge in [-0.2, -0.15) is 5.10 Å². The molecule has 5 nitrogen and oxygen atoms in total. The van der Waals surface area contributed by atoms with Gasteiger partial charge in [0.2, 0.25) is 0 Å². The molecular formula is C13H21N3O2. The normalized spacial score (nSPS) is 19.6. The minimum Gasteiger partial charge on any atom is -0.481 e. The number of rotatable bonds is 5. The summed E-state index contributed by atoms with van der Waals surface area (Å²) in [7, 11) is 0. The highest BCUT2D eigenvalue weighted by Gasteiger charge is 2.51. The molecule has 1 aromatic rings. The Morgan fingerprint density at radius 1 is 1.61 bits per heavy atom. The molecule has 3 N–H and O–H groups in total. The summed E-state index contributed by atoms with van der Waals surface area (Å²) in [6, 6.07) is 2.12. The highest BCUT2D eigenvalue weighted by atomic mass is 16.4. The summed E-state index contributed by atoms with van der Waals surface area (Å²) >= 11 is 0. The third kappa shape index (κ3) is 1.82. The molecule has 0 aromatic carbocycles. The van der Waals surface area contributed by atoms with Crippen molar-refractivity contribution in [3.05, 3.63) is 18.0 Å². The lowest BCUT2D eigenvalue weighted by molar-refractivity contribution is -0.156. The van der Waals surface area contributed by atoms with Gasteiger partial charge in [-0.3, -0.25) is 9.48 Å². The maximum atomic E-state index is 11.6. The van der Waals surface area contributed by atoms with E-state index in [4.69, 9.17) is 5.73 Å². The van der Waals surface area contributed by atoms with E-state index in [1.165, 1.54) is 0 Å². The number of carboxylic acid groups (broad SMARTS) is 1. The fourth-order valence-electron chi connectivity index (χ4n) is 2.93. The van der Waals surface area contributed by atoms with Crippen molar-refractivity contribution < 1.29 is 9.90 Å². The number of hydrogen-bond acceptors (Lipinski definition) is 3. The summed E-state index contributed by atoms with van der Waals surface area (Å²) in [6.45, 7) is 4.43. The van der Waals surface area contributed by atoms with Crippen molar-refractivity contribution in [3.63, 3.8) is 0 Å². The van der Waals surface area contributed by atoms with E-state index in [2.05, 4.69) is 5.10 Å². The van der Waals surface area contributed by atoms with E-state index in [1.54, 1.807) is 6.20 Å². The van der Waals surface area contributed by atoms with E-state index in [9.17, 15) is 9.90 Å². The van der Waals surface area contributed by atoms with E-state index >= 15 is 0 Å². The van der Waals surface area contributed by atoms with Crippen LogP contribution < -0.4 is 5.73 Å². The van der Waals surface area contributed by atoms with Gasteiger partial charge in [-0.25, -0.2) is 0 Å². The maximum Gasteiger partial charge on any atom is 0.310 e. The van der Waals surface area contributed by atoms with Gasteiger partial charge in [0.25, 0.3) is 0 Å². The molecule has 5 heteroatoms. The second-order valence-electron chi connectivity index (χ2n) is 5.40. The first-order valence-electron chi connectivity index (χ1n) is 6.50. The van der Waals surface area contributed by atoms with Crippen LogP contribution >= 0.6 is 0 Å². The van der Waals surface area contributed by atoms with Gasteiger partial charge in [0.15, 0.2) is 0 Å². The first-order chi connectivity index (χ1) is 8.53. The minimum atomic E-state index is -0.722. The zero-order valence-corrected chi connectivity index (χ0v) is 11.0. The molecule has 0 amide bonds. The molecule has 2 rings (SSSR count). The molecule has 0 bridgehead atoms. The van der Waals surface area contributed by atoms with Crippen molar-refractivity contribution >= 4 is 5.97 Å². The predicted octanol–water partition coefficient (Wildman–Crippen LogP) is 1.76. The Balaban J connectivity index is 2.39. The van der Waals surface area contributed by atoms with E-state index in [-0.39, 0.29) is 12.0 Å². The number of carbonyl (C=O) groups is 1. The summed E-state index contributed by atoms with van der Waals surface area (Å²) in [5, 5.41) is 13.8. The van der Waals surface area contributed by atoms with Gasteiger partial charge in [0.1, 0.15) is 0 Å². The smallest absolute Gasteiger partial charge is 0.310 e. The topological polar surface area (TPSA) is 81.1 Å². The molecule has 1 unspecified atom stereocenters. The Kier molecular flexibility index (Phi) is 3.43. The molecule has 1 atom stereocenters. The van der Waals surface area contributed by atoms with Crippen molar-refractivity contribution in [2.24, 2.45) is 11.1 Å². The molecule has 0 saturated heterocycles. The Bertz CT molecular complexity index is 435. The molecule has 1 fully saturated rings. The van der Waals surface area contributed by atoms with Crippen molar-refractivity contribution in [2.45, 2.75) is 45.1 Å². The van der Waals surface area contributed by atoms with Crippen LogP contribution in [0.1, 0.15) is 50.8 Å². The first kappa shape index (κ1) is 13.1. The Morgan fingerprint density at radius 3 is 2.67 bits per heavy atom. The Morgan fingerprint density at radius 2 is 2.28 bits per heavy atom. The van der Waals surface area contributed by atoms with Gasteiger partial charge in [-0.15, -0.1) is 0 Å². The molecule has 18 heavy (non-hydrogen) atoms. The molecule has 100 valence electrons. The summed E-state index contributed by atoms with van der Waals surface area (Å²) in [4.78, 5) is 11.6. The second kappa shape index (κ2) is 4.72. The Hall–Kier alpha value is -1.36. The standard InChI is InChI=1S/C13H21N3O2/c1-9(2)16-11(4-7-15-16)10(8-14)13(12(17)18)5-3-6-13/h4,7,9-10H,3,5-6,8,14H2,1-2H3,(H,17,18). The number of carboxylic acids is 1. The molecule has 1 saturated carbocycles. The number of aromatic nitrogens is 2. The lowest BCUT2D eigenvalue weighted by Gasteiger charge is -2.44. The van der Waals surface area contributed by atoms with Crippen LogP contribution in [0.3, 0.4) is 0 Å². The van der Waals surface area contributed by atoms with Crippen LogP contribution in [0.25, 0.3) is 0 Å². The second-order valence-corrected chi connectivity index (χ2v) is 5.40. The van der Waals surface area contributed by atoms with E-state index < -0.39 is 11.4 Å². The average molecular weight is 251 g/mol. The molecule has 1 aliphatic rings. The summed E-state index contributed by atoms with van der Waals surface area (Å²) < 4.78 is 1.89. The number of aliphatic carboxylic acids is 1. The van der Waals surface area contributed by atoms with Crippen LogP contribution in [0.5, 0.6) is 0 Å². The SMILES string of the molecule is CC(C)n1nccc1C(CN)C1(C(=O)O)CCC1. The van der Waals surface area contributed by atoms with Crippen LogP contribution in [0.15, 0.2) is 12.3 Å². The average Bonchev–Trinajstić information content (AvgIpc) is 2.70. The van der Waals surface area contributed by atoms with Crippen LogP contribution in [-0.2, 0) is 4.79 Å². The van der Waals surface area contributed by atoms with Crippen LogP contribution in [0.4, 0.5) is 0 Å². The molecule has 1 aliphatic carbocycles. The maximum absolute atomic E-state index is 11.6. The quantitative estimate of drug-likeness (QED) is 0.835.